The molecule has 1 saturated carbocycles. The van der Waals surface area contributed by atoms with Crippen LogP contribution >= 0.6 is 24.0 Å². The first-order valence-electron chi connectivity index (χ1n) is 9.46. The van der Waals surface area contributed by atoms with E-state index in [1.807, 2.05) is 19.1 Å². The van der Waals surface area contributed by atoms with E-state index < -0.39 is 10.8 Å². The molecule has 154 valence electrons. The summed E-state index contributed by atoms with van der Waals surface area (Å²) in [5.74, 6) is 1.29. The first kappa shape index (κ1) is 24.3. The summed E-state index contributed by atoms with van der Waals surface area (Å²) in [6, 6.07) is 6.97. The minimum Gasteiger partial charge on any atom is -0.356 e. The Labute approximate surface area is 182 Å². The van der Waals surface area contributed by atoms with Crippen molar-refractivity contribution in [3.05, 3.63) is 35.6 Å². The average molecular weight is 509 g/mol. The number of nitrogens with zero attached hydrogens (tertiary/aromatic N) is 1. The minimum absolute atomic E-state index is 0. The first-order chi connectivity index (χ1) is 12.4. The number of halogens is 2. The lowest BCUT2D eigenvalue weighted by Gasteiger charge is -2.31. The number of benzene rings is 1. The minimum atomic E-state index is -0.727. The zero-order valence-electron chi connectivity index (χ0n) is 16.8. The van der Waals surface area contributed by atoms with Gasteiger partial charge in [0.2, 0.25) is 0 Å². The van der Waals surface area contributed by atoms with Crippen LogP contribution in [0.2, 0.25) is 0 Å². The molecule has 3 atom stereocenters. The number of nitrogens with one attached hydrogen (secondary N) is 2. The first-order valence-corrected chi connectivity index (χ1v) is 10.8. The molecule has 1 aliphatic rings. The molecular formula is C20H33FIN3OS. The van der Waals surface area contributed by atoms with Crippen molar-refractivity contribution in [2.24, 2.45) is 4.99 Å². The summed E-state index contributed by atoms with van der Waals surface area (Å²) in [6.45, 7) is 6.93. The van der Waals surface area contributed by atoms with Crippen LogP contribution < -0.4 is 10.6 Å². The highest BCUT2D eigenvalue weighted by Gasteiger charge is 2.27. The van der Waals surface area contributed by atoms with E-state index in [9.17, 15) is 8.60 Å². The van der Waals surface area contributed by atoms with E-state index in [0.29, 0.717) is 17.8 Å². The van der Waals surface area contributed by atoms with Crippen LogP contribution in [0.5, 0.6) is 0 Å². The molecule has 3 unspecified atom stereocenters. The molecule has 1 fully saturated rings. The number of guanidine groups is 1. The van der Waals surface area contributed by atoms with E-state index in [-0.39, 0.29) is 35.2 Å². The highest BCUT2D eigenvalue weighted by atomic mass is 127. The van der Waals surface area contributed by atoms with Gasteiger partial charge in [0.15, 0.2) is 5.96 Å². The standard InChI is InChI=1S/C20H32FN3OS.HI/c1-5-26(25)18-8-6-7-17(13-18)24-19(22-4)23-14-20(2,3)15-9-11-16(21)12-10-15;/h9-12,17-18H,5-8,13-14H2,1-4H3,(H2,22,23,24);1H. The van der Waals surface area contributed by atoms with Crippen LogP contribution in [-0.4, -0.2) is 40.8 Å². The van der Waals surface area contributed by atoms with E-state index in [4.69, 9.17) is 0 Å². The predicted molar refractivity (Wildman–Crippen MR) is 124 cm³/mol. The SMILES string of the molecule is CCS(=O)C1CCCC(NC(=NC)NCC(C)(C)c2ccc(F)cc2)C1.I. The smallest absolute Gasteiger partial charge is 0.191 e. The maximum Gasteiger partial charge on any atom is 0.191 e. The van der Waals surface area contributed by atoms with E-state index in [2.05, 4.69) is 29.5 Å². The lowest BCUT2D eigenvalue weighted by atomic mass is 9.84. The molecule has 0 radical (unpaired) electrons. The molecule has 0 bridgehead atoms. The highest BCUT2D eigenvalue weighted by molar-refractivity contribution is 14.0. The van der Waals surface area contributed by atoms with Gasteiger partial charge in [-0.15, -0.1) is 24.0 Å². The molecule has 2 rings (SSSR count). The van der Waals surface area contributed by atoms with Gasteiger partial charge in [0, 0.05) is 46.9 Å². The van der Waals surface area contributed by atoms with Crippen molar-refractivity contribution in [1.29, 1.82) is 0 Å². The maximum atomic E-state index is 13.2. The van der Waals surface area contributed by atoms with Crippen LogP contribution in [0.25, 0.3) is 0 Å². The van der Waals surface area contributed by atoms with Crippen LogP contribution in [0, 0.1) is 5.82 Å². The van der Waals surface area contributed by atoms with Crippen LogP contribution in [0.4, 0.5) is 4.39 Å². The van der Waals surface area contributed by atoms with Gasteiger partial charge in [-0.25, -0.2) is 4.39 Å². The molecule has 1 aromatic carbocycles. The summed E-state index contributed by atoms with van der Waals surface area (Å²) < 4.78 is 25.3. The normalized spacial score (nSPS) is 21.9. The summed E-state index contributed by atoms with van der Waals surface area (Å²) in [5, 5.41) is 7.18. The van der Waals surface area contributed by atoms with E-state index >= 15 is 0 Å². The molecule has 27 heavy (non-hydrogen) atoms. The van der Waals surface area contributed by atoms with Gasteiger partial charge in [-0.3, -0.25) is 9.20 Å². The van der Waals surface area contributed by atoms with Crippen molar-refractivity contribution in [1.82, 2.24) is 10.6 Å². The molecule has 0 spiro atoms. The molecular weight excluding hydrogens is 476 g/mol. The van der Waals surface area contributed by atoms with Crippen LogP contribution in [-0.2, 0) is 16.2 Å². The topological polar surface area (TPSA) is 53.5 Å². The van der Waals surface area contributed by atoms with Crippen molar-refractivity contribution >= 4 is 40.7 Å². The zero-order valence-corrected chi connectivity index (χ0v) is 19.9. The van der Waals surface area contributed by atoms with E-state index in [1.165, 1.54) is 12.1 Å². The fourth-order valence-electron chi connectivity index (χ4n) is 3.45. The fraction of sp³-hybridized carbons (Fsp3) is 0.650. The summed E-state index contributed by atoms with van der Waals surface area (Å²) >= 11 is 0. The molecule has 2 N–H and O–H groups in total. The summed E-state index contributed by atoms with van der Waals surface area (Å²) in [6.07, 6.45) is 4.18. The Bertz CT molecular complexity index is 637. The molecule has 7 heteroatoms. The molecule has 0 amide bonds. The van der Waals surface area contributed by atoms with Crippen LogP contribution in [0.15, 0.2) is 29.3 Å². The van der Waals surface area contributed by atoms with Crippen molar-refractivity contribution in [3.63, 3.8) is 0 Å². The molecule has 0 saturated heterocycles. The van der Waals surface area contributed by atoms with Gasteiger partial charge in [0.1, 0.15) is 5.82 Å². The molecule has 0 aliphatic heterocycles. The van der Waals surface area contributed by atoms with Crippen molar-refractivity contribution in [2.45, 2.75) is 63.2 Å². The number of hydrogen-bond donors (Lipinski definition) is 2. The van der Waals surface area contributed by atoms with Gasteiger partial charge in [-0.1, -0.05) is 39.3 Å². The second kappa shape index (κ2) is 11.3. The quantitative estimate of drug-likeness (QED) is 0.347. The third-order valence-corrected chi connectivity index (χ3v) is 6.91. The molecule has 1 aromatic rings. The lowest BCUT2D eigenvalue weighted by molar-refractivity contribution is 0.410. The lowest BCUT2D eigenvalue weighted by Crippen LogP contribution is -2.49. The van der Waals surface area contributed by atoms with Gasteiger partial charge in [-0.05, 0) is 37.0 Å². The number of hydrogen-bond acceptors (Lipinski definition) is 2. The Morgan fingerprint density at radius 2 is 1.96 bits per heavy atom. The van der Waals surface area contributed by atoms with Gasteiger partial charge in [0.25, 0.3) is 0 Å². The predicted octanol–water partition coefficient (Wildman–Crippen LogP) is 3.97. The average Bonchev–Trinajstić information content (AvgIpc) is 2.65. The van der Waals surface area contributed by atoms with Gasteiger partial charge < -0.3 is 10.6 Å². The summed E-state index contributed by atoms with van der Waals surface area (Å²) in [7, 11) is 1.04. The summed E-state index contributed by atoms with van der Waals surface area (Å²) in [5.41, 5.74) is 0.933. The Morgan fingerprint density at radius 1 is 1.30 bits per heavy atom. The summed E-state index contributed by atoms with van der Waals surface area (Å²) in [4.78, 5) is 4.34. The Morgan fingerprint density at radius 3 is 2.56 bits per heavy atom. The molecule has 0 heterocycles. The largest absolute Gasteiger partial charge is 0.356 e. The van der Waals surface area contributed by atoms with E-state index in [1.54, 1.807) is 7.05 Å². The molecule has 0 aromatic heterocycles. The Balaban J connectivity index is 0.00000364. The third-order valence-electron chi connectivity index (χ3n) is 5.17. The Kier molecular flexibility index (Phi) is 10.2. The zero-order chi connectivity index (χ0) is 19.2. The number of rotatable bonds is 6. The van der Waals surface area contributed by atoms with Gasteiger partial charge in [-0.2, -0.15) is 0 Å². The fourth-order valence-corrected chi connectivity index (χ4v) is 4.79. The van der Waals surface area contributed by atoms with Gasteiger partial charge >= 0.3 is 0 Å². The van der Waals surface area contributed by atoms with Gasteiger partial charge in [0.05, 0.1) is 0 Å². The van der Waals surface area contributed by atoms with Crippen molar-refractivity contribution in [3.8, 4) is 0 Å². The second-order valence-electron chi connectivity index (χ2n) is 7.62. The second-order valence-corrected chi connectivity index (χ2v) is 9.62. The molecule has 1 aliphatic carbocycles. The van der Waals surface area contributed by atoms with Crippen molar-refractivity contribution in [2.75, 3.05) is 19.3 Å². The van der Waals surface area contributed by atoms with E-state index in [0.717, 1.165) is 43.0 Å². The monoisotopic (exact) mass is 509 g/mol. The van der Waals surface area contributed by atoms with Crippen molar-refractivity contribution < 1.29 is 8.60 Å². The maximum absolute atomic E-state index is 13.2. The number of aliphatic imine (C=N–C) groups is 1. The Hall–Kier alpha value is -0.700. The van der Waals surface area contributed by atoms with Crippen LogP contribution in [0.1, 0.15) is 52.0 Å². The molecule has 4 nitrogen and oxygen atoms in total. The third kappa shape index (κ3) is 7.33. The highest BCUT2D eigenvalue weighted by Crippen LogP contribution is 2.24. The van der Waals surface area contributed by atoms with Crippen LogP contribution in [0.3, 0.4) is 0 Å².